The fourth-order valence-corrected chi connectivity index (χ4v) is 4.05. The van der Waals surface area contributed by atoms with Crippen LogP contribution >= 0.6 is 0 Å². The van der Waals surface area contributed by atoms with Crippen molar-refractivity contribution in [1.82, 2.24) is 19.7 Å². The van der Waals surface area contributed by atoms with Gasteiger partial charge >= 0.3 is 0 Å². The van der Waals surface area contributed by atoms with Gasteiger partial charge in [0.15, 0.2) is 0 Å². The van der Waals surface area contributed by atoms with Crippen molar-refractivity contribution < 1.29 is 19.1 Å². The van der Waals surface area contributed by atoms with Gasteiger partial charge in [0, 0.05) is 37.3 Å². The Bertz CT molecular complexity index is 1190. The number of anilines is 2. The largest absolute Gasteiger partial charge is 0.492 e. The normalized spacial score (nSPS) is 13.6. The van der Waals surface area contributed by atoms with Gasteiger partial charge in [0.25, 0.3) is 5.91 Å². The van der Waals surface area contributed by atoms with Gasteiger partial charge in [-0.15, -0.1) is 0 Å². The first-order valence-electron chi connectivity index (χ1n) is 12.6. The number of ether oxygens (including phenoxy) is 2. The van der Waals surface area contributed by atoms with Crippen LogP contribution in [-0.2, 0) is 16.1 Å². The molecule has 0 radical (unpaired) electrons. The van der Waals surface area contributed by atoms with Crippen LogP contribution in [0.5, 0.6) is 5.75 Å². The van der Waals surface area contributed by atoms with Gasteiger partial charge in [-0.05, 0) is 31.5 Å². The summed E-state index contributed by atoms with van der Waals surface area (Å²) in [5.41, 5.74) is 1.52. The smallest absolute Gasteiger partial charge is 0.274 e. The Kier molecular flexibility index (Phi) is 8.72. The number of pyridine rings is 1. The van der Waals surface area contributed by atoms with E-state index in [1.165, 1.54) is 0 Å². The van der Waals surface area contributed by atoms with Crippen LogP contribution in [0.25, 0.3) is 10.9 Å². The Morgan fingerprint density at radius 3 is 2.75 bits per heavy atom. The Balaban J connectivity index is 1.49. The van der Waals surface area contributed by atoms with E-state index in [1.807, 2.05) is 25.1 Å². The van der Waals surface area contributed by atoms with Crippen molar-refractivity contribution in [3.63, 3.8) is 0 Å². The predicted molar refractivity (Wildman–Crippen MR) is 139 cm³/mol. The van der Waals surface area contributed by atoms with Crippen molar-refractivity contribution in [3.05, 3.63) is 42.2 Å². The molecule has 1 aromatic carbocycles. The minimum absolute atomic E-state index is 0.000996. The van der Waals surface area contributed by atoms with Crippen LogP contribution in [0.3, 0.4) is 0 Å². The first kappa shape index (κ1) is 25.4. The zero-order valence-electron chi connectivity index (χ0n) is 21.0. The van der Waals surface area contributed by atoms with Gasteiger partial charge in [0.05, 0.1) is 31.0 Å². The van der Waals surface area contributed by atoms with Crippen molar-refractivity contribution in [2.24, 2.45) is 0 Å². The number of carbonyl (C=O) groups is 2. The van der Waals surface area contributed by atoms with Gasteiger partial charge in [-0.25, -0.2) is 4.98 Å². The number of hydrogen-bond acceptors (Lipinski definition) is 7. The number of nitrogens with one attached hydrogen (secondary N) is 2. The van der Waals surface area contributed by atoms with E-state index >= 15 is 0 Å². The summed E-state index contributed by atoms with van der Waals surface area (Å²) in [5, 5.41) is 11.5. The Morgan fingerprint density at radius 1 is 1.14 bits per heavy atom. The van der Waals surface area contributed by atoms with Crippen LogP contribution in [-0.4, -0.2) is 70.9 Å². The highest BCUT2D eigenvalue weighted by Crippen LogP contribution is 2.30. The maximum Gasteiger partial charge on any atom is 0.274 e. The number of fused-ring (bicyclic) bond motifs is 1. The molecule has 0 unspecified atom stereocenters. The van der Waals surface area contributed by atoms with Crippen LogP contribution in [0.4, 0.5) is 11.5 Å². The summed E-state index contributed by atoms with van der Waals surface area (Å²) < 4.78 is 12.7. The van der Waals surface area contributed by atoms with Gasteiger partial charge in [0.1, 0.15) is 23.8 Å². The Hall–Kier alpha value is -3.66. The summed E-state index contributed by atoms with van der Waals surface area (Å²) in [6, 6.07) is 8.94. The second-order valence-electron chi connectivity index (χ2n) is 8.66. The number of benzene rings is 1. The number of aromatic nitrogens is 3. The van der Waals surface area contributed by atoms with Crippen LogP contribution in [0, 0.1) is 0 Å². The molecule has 36 heavy (non-hydrogen) atoms. The molecule has 0 aliphatic carbocycles. The lowest BCUT2D eigenvalue weighted by atomic mass is 10.2. The molecule has 0 bridgehead atoms. The molecule has 10 nitrogen and oxygen atoms in total. The molecule has 1 saturated heterocycles. The van der Waals surface area contributed by atoms with Crippen molar-refractivity contribution >= 4 is 34.2 Å². The van der Waals surface area contributed by atoms with E-state index in [0.717, 1.165) is 31.2 Å². The minimum Gasteiger partial charge on any atom is -0.492 e. The minimum atomic E-state index is -0.331. The number of unbranched alkanes of at least 4 members (excludes halogenated alkanes) is 2. The zero-order valence-corrected chi connectivity index (χ0v) is 21.0. The summed E-state index contributed by atoms with van der Waals surface area (Å²) in [7, 11) is 0. The molecule has 0 spiro atoms. The lowest BCUT2D eigenvalue weighted by Crippen LogP contribution is -2.42. The van der Waals surface area contributed by atoms with Crippen molar-refractivity contribution in [3.8, 4) is 5.75 Å². The van der Waals surface area contributed by atoms with E-state index in [9.17, 15) is 9.59 Å². The number of carbonyl (C=O) groups excluding carboxylic acids is 2. The molecule has 0 atom stereocenters. The number of hydrogen-bond donors (Lipinski definition) is 2. The average Bonchev–Trinajstić information content (AvgIpc) is 3.28. The summed E-state index contributed by atoms with van der Waals surface area (Å²) in [4.78, 5) is 31.9. The van der Waals surface area contributed by atoms with Gasteiger partial charge < -0.3 is 25.0 Å². The van der Waals surface area contributed by atoms with Crippen LogP contribution in [0.2, 0.25) is 0 Å². The summed E-state index contributed by atoms with van der Waals surface area (Å²) in [6.07, 6.45) is 5.15. The first-order valence-corrected chi connectivity index (χ1v) is 12.6. The number of amides is 2. The molecule has 0 saturated carbocycles. The summed E-state index contributed by atoms with van der Waals surface area (Å²) in [6.45, 7) is 7.72. The highest BCUT2D eigenvalue weighted by atomic mass is 16.5. The predicted octanol–water partition coefficient (Wildman–Crippen LogP) is 3.54. The highest BCUT2D eigenvalue weighted by Gasteiger charge is 2.19. The van der Waals surface area contributed by atoms with E-state index in [-0.39, 0.29) is 18.4 Å². The number of nitrogens with zero attached hydrogens (tertiary/aromatic N) is 4. The van der Waals surface area contributed by atoms with Crippen LogP contribution in [0.1, 0.15) is 43.6 Å². The third kappa shape index (κ3) is 6.51. The van der Waals surface area contributed by atoms with E-state index < -0.39 is 0 Å². The van der Waals surface area contributed by atoms with Crippen molar-refractivity contribution in [2.75, 3.05) is 50.1 Å². The van der Waals surface area contributed by atoms with E-state index in [0.29, 0.717) is 61.4 Å². The molecule has 192 valence electrons. The maximum atomic E-state index is 13.0. The third-order valence-electron chi connectivity index (χ3n) is 5.93. The van der Waals surface area contributed by atoms with Crippen LogP contribution < -0.4 is 15.4 Å². The van der Waals surface area contributed by atoms with Crippen LogP contribution in [0.15, 0.2) is 36.5 Å². The quantitative estimate of drug-likeness (QED) is 0.392. The molecule has 1 aliphatic heterocycles. The molecular weight excluding hydrogens is 460 g/mol. The molecule has 10 heteroatoms. The third-order valence-corrected chi connectivity index (χ3v) is 5.93. The van der Waals surface area contributed by atoms with E-state index in [1.54, 1.807) is 27.9 Å². The number of rotatable bonds is 11. The van der Waals surface area contributed by atoms with E-state index in [2.05, 4.69) is 27.6 Å². The fourth-order valence-electron chi connectivity index (χ4n) is 4.05. The van der Waals surface area contributed by atoms with Gasteiger partial charge in [-0.1, -0.05) is 25.8 Å². The SMILES string of the molecule is CCCCCNc1cccc(C(=O)Nc2cc3cn(CC(=O)N4CCOCC4)nc3cc2OCC)n1. The zero-order chi connectivity index (χ0) is 25.3. The molecule has 1 fully saturated rings. The molecule has 1 aliphatic rings. The lowest BCUT2D eigenvalue weighted by molar-refractivity contribution is -0.136. The van der Waals surface area contributed by atoms with E-state index in [4.69, 9.17) is 9.47 Å². The highest BCUT2D eigenvalue weighted by molar-refractivity contribution is 6.05. The van der Waals surface area contributed by atoms with Gasteiger partial charge in [0.2, 0.25) is 5.91 Å². The molecule has 2 aromatic heterocycles. The Labute approximate surface area is 211 Å². The standard InChI is InChI=1S/C26H34N6O4/c1-3-5-6-10-27-24-9-7-8-20(28-24)26(34)29-22-15-19-17-32(30-21(19)16-23(22)36-4-2)18-25(33)31-11-13-35-14-12-31/h7-9,15-17H,3-6,10-14,18H2,1-2H3,(H,27,28)(H,29,34). The maximum absolute atomic E-state index is 13.0. The van der Waals surface area contributed by atoms with Gasteiger partial charge in [-0.2, -0.15) is 5.10 Å². The topological polar surface area (TPSA) is 111 Å². The van der Waals surface area contributed by atoms with Crippen molar-refractivity contribution in [1.29, 1.82) is 0 Å². The molecule has 3 aromatic rings. The van der Waals surface area contributed by atoms with Crippen molar-refractivity contribution in [2.45, 2.75) is 39.7 Å². The number of morpholine rings is 1. The molecule has 3 heterocycles. The van der Waals surface area contributed by atoms with Gasteiger partial charge in [-0.3, -0.25) is 14.3 Å². The summed E-state index contributed by atoms with van der Waals surface area (Å²) in [5.74, 6) is 0.851. The average molecular weight is 495 g/mol. The monoisotopic (exact) mass is 494 g/mol. The molecule has 2 N–H and O–H groups in total. The second kappa shape index (κ2) is 12.3. The first-order chi connectivity index (χ1) is 17.6. The molecule has 2 amide bonds. The summed E-state index contributed by atoms with van der Waals surface area (Å²) >= 11 is 0. The molecule has 4 rings (SSSR count). The second-order valence-corrected chi connectivity index (χ2v) is 8.66. The lowest BCUT2D eigenvalue weighted by Gasteiger charge is -2.26. The molecular formula is C26H34N6O4. The fraction of sp³-hybridized carbons (Fsp3) is 0.462. The Morgan fingerprint density at radius 2 is 1.97 bits per heavy atom.